The van der Waals surface area contributed by atoms with Gasteiger partial charge in [0.15, 0.2) is 5.96 Å². The standard InChI is InChI=1S/C17H27N3O.HI/c1-3-17(21,4-2)12-19-16(18)20-15-11-7-9-13-8-5-6-10-14(13)15;/h7,9,11,21H,3-6,8,10,12H2,1-2H3,(H3,18,19,20);1H. The predicted molar refractivity (Wildman–Crippen MR) is 104 cm³/mol. The van der Waals surface area contributed by atoms with E-state index in [0.29, 0.717) is 25.3 Å². The Morgan fingerprint density at radius 3 is 2.64 bits per heavy atom. The Balaban J connectivity index is 0.00000242. The van der Waals surface area contributed by atoms with Crippen LogP contribution in [0.4, 0.5) is 5.69 Å². The summed E-state index contributed by atoms with van der Waals surface area (Å²) in [5.41, 5.74) is 9.07. The topological polar surface area (TPSA) is 70.6 Å². The Morgan fingerprint density at radius 2 is 1.95 bits per heavy atom. The van der Waals surface area contributed by atoms with Gasteiger partial charge in [0.05, 0.1) is 12.1 Å². The van der Waals surface area contributed by atoms with Crippen molar-refractivity contribution in [2.45, 2.75) is 58.0 Å². The van der Waals surface area contributed by atoms with Gasteiger partial charge in [0.2, 0.25) is 0 Å². The number of hydrogen-bond acceptors (Lipinski definition) is 2. The first-order valence-corrected chi connectivity index (χ1v) is 7.98. The quantitative estimate of drug-likeness (QED) is 0.391. The highest BCUT2D eigenvalue weighted by molar-refractivity contribution is 14.0. The molecule has 0 radical (unpaired) electrons. The van der Waals surface area contributed by atoms with Crippen LogP contribution in [0.25, 0.3) is 0 Å². The summed E-state index contributed by atoms with van der Waals surface area (Å²) in [5.74, 6) is 0.384. The van der Waals surface area contributed by atoms with Crippen LogP contribution in [0.5, 0.6) is 0 Å². The molecule has 0 aromatic heterocycles. The maximum Gasteiger partial charge on any atom is 0.193 e. The van der Waals surface area contributed by atoms with Crippen molar-refractivity contribution in [3.63, 3.8) is 0 Å². The number of nitrogens with zero attached hydrogens (tertiary/aromatic N) is 1. The number of aliphatic imine (C=N–C) groups is 1. The molecule has 0 heterocycles. The summed E-state index contributed by atoms with van der Waals surface area (Å²) in [7, 11) is 0. The predicted octanol–water partition coefficient (Wildman–Crippen LogP) is 3.46. The Labute approximate surface area is 150 Å². The first kappa shape index (κ1) is 19.2. The molecule has 22 heavy (non-hydrogen) atoms. The van der Waals surface area contributed by atoms with E-state index in [0.717, 1.165) is 18.5 Å². The lowest BCUT2D eigenvalue weighted by atomic mass is 9.90. The van der Waals surface area contributed by atoms with Gasteiger partial charge in [-0.05, 0) is 55.7 Å². The molecule has 0 saturated carbocycles. The summed E-state index contributed by atoms with van der Waals surface area (Å²) >= 11 is 0. The monoisotopic (exact) mass is 417 g/mol. The zero-order chi connectivity index (χ0) is 15.3. The van der Waals surface area contributed by atoms with E-state index in [2.05, 4.69) is 28.5 Å². The number of nitrogens with one attached hydrogen (secondary N) is 1. The molecule has 1 aliphatic carbocycles. The molecule has 0 fully saturated rings. The van der Waals surface area contributed by atoms with E-state index in [1.165, 1.54) is 24.0 Å². The van der Waals surface area contributed by atoms with Gasteiger partial charge >= 0.3 is 0 Å². The molecule has 0 saturated heterocycles. The molecule has 4 N–H and O–H groups in total. The number of aliphatic hydroxyl groups is 1. The summed E-state index contributed by atoms with van der Waals surface area (Å²) in [6, 6.07) is 6.31. The molecule has 0 amide bonds. The first-order chi connectivity index (χ1) is 10.1. The van der Waals surface area contributed by atoms with E-state index < -0.39 is 5.60 Å². The van der Waals surface area contributed by atoms with Crippen LogP contribution in [0.3, 0.4) is 0 Å². The van der Waals surface area contributed by atoms with Gasteiger partial charge in [-0.1, -0.05) is 26.0 Å². The molecular formula is C17H28IN3O. The number of rotatable bonds is 5. The summed E-state index contributed by atoms with van der Waals surface area (Å²) in [6.45, 7) is 4.28. The van der Waals surface area contributed by atoms with E-state index in [1.54, 1.807) is 0 Å². The molecular weight excluding hydrogens is 389 g/mol. The van der Waals surface area contributed by atoms with E-state index in [1.807, 2.05) is 13.8 Å². The summed E-state index contributed by atoms with van der Waals surface area (Å²) in [4.78, 5) is 4.32. The number of halogens is 1. The molecule has 0 aliphatic heterocycles. The van der Waals surface area contributed by atoms with Crippen LogP contribution in [0.1, 0.15) is 50.7 Å². The molecule has 1 aromatic carbocycles. The number of aryl methyl sites for hydroxylation is 1. The maximum absolute atomic E-state index is 10.2. The van der Waals surface area contributed by atoms with Crippen molar-refractivity contribution < 1.29 is 5.11 Å². The minimum Gasteiger partial charge on any atom is -0.388 e. The molecule has 4 nitrogen and oxygen atoms in total. The van der Waals surface area contributed by atoms with Gasteiger partial charge in [0, 0.05) is 5.69 Å². The Morgan fingerprint density at radius 1 is 1.27 bits per heavy atom. The maximum atomic E-state index is 10.2. The zero-order valence-corrected chi connectivity index (χ0v) is 15.9. The van der Waals surface area contributed by atoms with Crippen molar-refractivity contribution in [3.8, 4) is 0 Å². The molecule has 124 valence electrons. The lowest BCUT2D eigenvalue weighted by Crippen LogP contribution is -2.33. The minimum atomic E-state index is -0.748. The summed E-state index contributed by atoms with van der Waals surface area (Å²) in [5, 5.41) is 13.5. The third-order valence-corrected chi connectivity index (χ3v) is 4.52. The van der Waals surface area contributed by atoms with Gasteiger partial charge in [0.1, 0.15) is 0 Å². The summed E-state index contributed by atoms with van der Waals surface area (Å²) in [6.07, 6.45) is 6.10. The Hall–Kier alpha value is -0.820. The number of guanidine groups is 1. The van der Waals surface area contributed by atoms with Crippen molar-refractivity contribution in [2.24, 2.45) is 10.7 Å². The second kappa shape index (κ2) is 8.72. The number of hydrogen-bond donors (Lipinski definition) is 3. The minimum absolute atomic E-state index is 0. The number of nitrogens with two attached hydrogens (primary N) is 1. The van der Waals surface area contributed by atoms with Crippen molar-refractivity contribution in [1.29, 1.82) is 0 Å². The highest BCUT2D eigenvalue weighted by Gasteiger charge is 2.21. The Bertz CT molecular complexity index is 513. The number of fused-ring (bicyclic) bond motifs is 1. The zero-order valence-electron chi connectivity index (χ0n) is 13.6. The van der Waals surface area contributed by atoms with Crippen molar-refractivity contribution in [2.75, 3.05) is 11.9 Å². The van der Waals surface area contributed by atoms with Crippen molar-refractivity contribution in [1.82, 2.24) is 0 Å². The highest BCUT2D eigenvalue weighted by Crippen LogP contribution is 2.27. The second-order valence-electron chi connectivity index (χ2n) is 5.91. The normalized spacial score (nSPS) is 15.0. The molecule has 2 rings (SSSR count). The van der Waals surface area contributed by atoms with Gasteiger partial charge < -0.3 is 16.2 Å². The molecule has 0 atom stereocenters. The van der Waals surface area contributed by atoms with E-state index in [9.17, 15) is 5.11 Å². The van der Waals surface area contributed by atoms with E-state index >= 15 is 0 Å². The van der Waals surface area contributed by atoms with Crippen LogP contribution < -0.4 is 11.1 Å². The fraction of sp³-hybridized carbons (Fsp3) is 0.588. The van der Waals surface area contributed by atoms with Crippen LogP contribution in [0.2, 0.25) is 0 Å². The van der Waals surface area contributed by atoms with Gasteiger partial charge in [-0.2, -0.15) is 0 Å². The summed E-state index contributed by atoms with van der Waals surface area (Å²) < 4.78 is 0. The lowest BCUT2D eigenvalue weighted by Gasteiger charge is -2.23. The van der Waals surface area contributed by atoms with E-state index in [-0.39, 0.29) is 24.0 Å². The van der Waals surface area contributed by atoms with Crippen LogP contribution >= 0.6 is 24.0 Å². The third-order valence-electron chi connectivity index (χ3n) is 4.52. The highest BCUT2D eigenvalue weighted by atomic mass is 127. The van der Waals surface area contributed by atoms with Crippen LogP contribution in [0, 0.1) is 0 Å². The number of anilines is 1. The van der Waals surface area contributed by atoms with Crippen molar-refractivity contribution >= 4 is 35.6 Å². The molecule has 0 unspecified atom stereocenters. The molecule has 0 bridgehead atoms. The van der Waals surface area contributed by atoms with E-state index in [4.69, 9.17) is 5.73 Å². The van der Waals surface area contributed by atoms with Crippen molar-refractivity contribution in [3.05, 3.63) is 29.3 Å². The average molecular weight is 417 g/mol. The molecule has 1 aliphatic rings. The largest absolute Gasteiger partial charge is 0.388 e. The molecule has 0 spiro atoms. The first-order valence-electron chi connectivity index (χ1n) is 7.98. The smallest absolute Gasteiger partial charge is 0.193 e. The van der Waals surface area contributed by atoms with Gasteiger partial charge in [0.25, 0.3) is 0 Å². The second-order valence-corrected chi connectivity index (χ2v) is 5.91. The fourth-order valence-corrected chi connectivity index (χ4v) is 2.78. The molecule has 5 heteroatoms. The average Bonchev–Trinajstić information content (AvgIpc) is 2.53. The van der Waals surface area contributed by atoms with Gasteiger partial charge in [-0.15, -0.1) is 24.0 Å². The van der Waals surface area contributed by atoms with Crippen LogP contribution in [0.15, 0.2) is 23.2 Å². The molecule has 1 aromatic rings. The fourth-order valence-electron chi connectivity index (χ4n) is 2.78. The van der Waals surface area contributed by atoms with Gasteiger partial charge in [-0.3, -0.25) is 4.99 Å². The Kier molecular flexibility index (Phi) is 7.62. The van der Waals surface area contributed by atoms with Crippen LogP contribution in [-0.4, -0.2) is 23.2 Å². The SMILES string of the molecule is CCC(O)(CC)CN=C(N)Nc1cccc2c1CCCC2.I. The lowest BCUT2D eigenvalue weighted by molar-refractivity contribution is 0.0419. The third kappa shape index (κ3) is 4.84. The number of benzene rings is 1. The van der Waals surface area contributed by atoms with Gasteiger partial charge in [-0.25, -0.2) is 0 Å². The van der Waals surface area contributed by atoms with Crippen LogP contribution in [-0.2, 0) is 12.8 Å².